The molecule has 6 heteroatoms. The minimum absolute atomic E-state index is 0.0250. The summed E-state index contributed by atoms with van der Waals surface area (Å²) in [7, 11) is 0. The molecule has 0 spiro atoms. The Bertz CT molecular complexity index is 855. The lowest BCUT2D eigenvalue weighted by atomic mass is 9.94. The number of hydrogen-bond acceptors (Lipinski definition) is 3. The lowest BCUT2D eigenvalue weighted by molar-refractivity contribution is -0.142. The molecule has 0 bridgehead atoms. The van der Waals surface area contributed by atoms with Crippen molar-refractivity contribution in [3.05, 3.63) is 71.3 Å². The highest BCUT2D eigenvalue weighted by Crippen LogP contribution is 2.23. The van der Waals surface area contributed by atoms with Crippen molar-refractivity contribution in [1.29, 1.82) is 0 Å². The summed E-state index contributed by atoms with van der Waals surface area (Å²) in [5.41, 5.74) is 1.51. The second-order valence-corrected chi connectivity index (χ2v) is 8.31. The molecule has 0 heterocycles. The van der Waals surface area contributed by atoms with E-state index in [0.717, 1.165) is 0 Å². The van der Waals surface area contributed by atoms with E-state index >= 15 is 0 Å². The van der Waals surface area contributed by atoms with Crippen LogP contribution in [0.4, 0.5) is 0 Å². The van der Waals surface area contributed by atoms with E-state index in [2.05, 4.69) is 10.6 Å². The zero-order valence-electron chi connectivity index (χ0n) is 17.2. The van der Waals surface area contributed by atoms with Crippen molar-refractivity contribution in [3.8, 4) is 0 Å². The van der Waals surface area contributed by atoms with Crippen molar-refractivity contribution >= 4 is 17.8 Å². The average Bonchev–Trinajstić information content (AvgIpc) is 2.69. The van der Waals surface area contributed by atoms with E-state index in [-0.39, 0.29) is 11.3 Å². The predicted molar refractivity (Wildman–Crippen MR) is 112 cm³/mol. The second kappa shape index (κ2) is 9.37. The van der Waals surface area contributed by atoms with Gasteiger partial charge in [-0.05, 0) is 42.2 Å². The zero-order chi connectivity index (χ0) is 21.6. The maximum Gasteiger partial charge on any atom is 0.308 e. The summed E-state index contributed by atoms with van der Waals surface area (Å²) < 4.78 is 0. The molecule has 2 aromatic carbocycles. The number of aliphatic carboxylic acids is 1. The first-order valence-corrected chi connectivity index (χ1v) is 9.55. The molecule has 2 atom stereocenters. The minimum Gasteiger partial charge on any atom is -0.481 e. The lowest BCUT2D eigenvalue weighted by Crippen LogP contribution is -2.35. The van der Waals surface area contributed by atoms with Crippen LogP contribution in [0, 0.1) is 11.3 Å². The molecule has 0 saturated heterocycles. The first kappa shape index (κ1) is 22.1. The molecule has 6 nitrogen and oxygen atoms in total. The molecule has 0 aliphatic carbocycles. The van der Waals surface area contributed by atoms with Crippen molar-refractivity contribution in [3.63, 3.8) is 0 Å². The fourth-order valence-corrected chi connectivity index (χ4v) is 2.75. The van der Waals surface area contributed by atoms with Gasteiger partial charge in [0, 0.05) is 17.7 Å². The van der Waals surface area contributed by atoms with Gasteiger partial charge in [0.2, 0.25) is 0 Å². The van der Waals surface area contributed by atoms with Gasteiger partial charge in [-0.3, -0.25) is 14.4 Å². The van der Waals surface area contributed by atoms with Gasteiger partial charge >= 0.3 is 5.97 Å². The first-order chi connectivity index (χ1) is 13.6. The van der Waals surface area contributed by atoms with Gasteiger partial charge in [-0.2, -0.15) is 0 Å². The topological polar surface area (TPSA) is 95.5 Å². The molecule has 2 amide bonds. The number of amides is 2. The van der Waals surface area contributed by atoms with Gasteiger partial charge in [-0.25, -0.2) is 0 Å². The van der Waals surface area contributed by atoms with Crippen LogP contribution in [0.15, 0.2) is 54.6 Å². The summed E-state index contributed by atoms with van der Waals surface area (Å²) in [6, 6.07) is 14.6. The van der Waals surface area contributed by atoms with E-state index in [1.54, 1.807) is 55.5 Å². The Kier molecular flexibility index (Phi) is 7.15. The van der Waals surface area contributed by atoms with Gasteiger partial charge in [0.25, 0.3) is 11.8 Å². The molecule has 0 saturated carbocycles. The summed E-state index contributed by atoms with van der Waals surface area (Å²) in [4.78, 5) is 36.4. The van der Waals surface area contributed by atoms with Gasteiger partial charge in [0.15, 0.2) is 0 Å². The largest absolute Gasteiger partial charge is 0.481 e. The van der Waals surface area contributed by atoms with Gasteiger partial charge in [0.05, 0.1) is 12.0 Å². The summed E-state index contributed by atoms with van der Waals surface area (Å²) in [5.74, 6) is -2.39. The van der Waals surface area contributed by atoms with E-state index in [1.807, 2.05) is 26.8 Å². The number of benzene rings is 2. The summed E-state index contributed by atoms with van der Waals surface area (Å²) in [6.45, 7) is 8.19. The third-order valence-electron chi connectivity index (χ3n) is 4.52. The number of hydrogen-bond donors (Lipinski definition) is 3. The van der Waals surface area contributed by atoms with Crippen molar-refractivity contribution in [2.75, 3.05) is 6.54 Å². The molecule has 3 N–H and O–H groups in total. The Balaban J connectivity index is 2.12. The number of rotatable bonds is 7. The molecule has 0 aliphatic rings. The zero-order valence-corrected chi connectivity index (χ0v) is 17.2. The van der Waals surface area contributed by atoms with Gasteiger partial charge in [-0.15, -0.1) is 0 Å². The van der Waals surface area contributed by atoms with Gasteiger partial charge in [-0.1, -0.05) is 51.1 Å². The summed E-state index contributed by atoms with van der Waals surface area (Å²) in [5, 5.41) is 15.1. The van der Waals surface area contributed by atoms with E-state index in [9.17, 15) is 19.5 Å². The molecule has 0 aliphatic heterocycles. The lowest BCUT2D eigenvalue weighted by Gasteiger charge is -2.23. The summed E-state index contributed by atoms with van der Waals surface area (Å²) >= 11 is 0. The molecule has 2 rings (SSSR count). The molecule has 29 heavy (non-hydrogen) atoms. The molecule has 154 valence electrons. The molecule has 0 fully saturated rings. The Morgan fingerprint density at radius 1 is 0.897 bits per heavy atom. The maximum absolute atomic E-state index is 12.7. The van der Waals surface area contributed by atoms with E-state index in [0.29, 0.717) is 23.2 Å². The van der Waals surface area contributed by atoms with E-state index in [1.165, 1.54) is 0 Å². The molecule has 2 unspecified atom stereocenters. The van der Waals surface area contributed by atoms with Gasteiger partial charge < -0.3 is 15.7 Å². The van der Waals surface area contributed by atoms with Crippen molar-refractivity contribution in [2.45, 2.75) is 33.7 Å². The number of carboxylic acids is 1. The smallest absolute Gasteiger partial charge is 0.308 e. The number of carboxylic acid groups (broad SMARTS) is 1. The summed E-state index contributed by atoms with van der Waals surface area (Å²) in [6.07, 6.45) is 0. The van der Waals surface area contributed by atoms with Crippen molar-refractivity contribution < 1.29 is 19.5 Å². The van der Waals surface area contributed by atoms with Crippen LogP contribution in [0.1, 0.15) is 60.0 Å². The Morgan fingerprint density at radius 2 is 1.41 bits per heavy atom. The van der Waals surface area contributed by atoms with Crippen LogP contribution in [-0.2, 0) is 4.79 Å². The van der Waals surface area contributed by atoms with Crippen LogP contribution in [0.3, 0.4) is 0 Å². The number of carbonyl (C=O) groups excluding carboxylic acids is 2. The van der Waals surface area contributed by atoms with Gasteiger partial charge in [0.1, 0.15) is 0 Å². The van der Waals surface area contributed by atoms with E-state index in [4.69, 9.17) is 0 Å². The van der Waals surface area contributed by atoms with Crippen LogP contribution in [0.25, 0.3) is 0 Å². The third-order valence-corrected chi connectivity index (χ3v) is 4.52. The molecule has 0 radical (unpaired) electrons. The fourth-order valence-electron chi connectivity index (χ4n) is 2.75. The van der Waals surface area contributed by atoms with Crippen molar-refractivity contribution in [1.82, 2.24) is 10.6 Å². The Hall–Kier alpha value is -3.15. The Morgan fingerprint density at radius 3 is 1.90 bits per heavy atom. The van der Waals surface area contributed by atoms with Crippen LogP contribution >= 0.6 is 0 Å². The Labute approximate surface area is 171 Å². The molecule has 2 aromatic rings. The van der Waals surface area contributed by atoms with Crippen LogP contribution in [0.5, 0.6) is 0 Å². The van der Waals surface area contributed by atoms with E-state index < -0.39 is 23.8 Å². The molecular formula is C23H28N2O4. The number of carbonyl (C=O) groups is 3. The predicted octanol–water partition coefficient (Wildman–Crippen LogP) is 3.65. The standard InChI is InChI=1S/C23H28N2O4/c1-15(22(28)29)19(16-8-6-5-7-9-16)25-21(27)18-12-10-17(11-13-18)20(26)24-14-23(2,3)4/h5-13,15,19H,14H2,1-4H3,(H,24,26)(H,25,27)(H,28,29). The molecular weight excluding hydrogens is 368 g/mol. The molecule has 0 aromatic heterocycles. The monoisotopic (exact) mass is 396 g/mol. The highest BCUT2D eigenvalue weighted by molar-refractivity contribution is 5.98. The van der Waals surface area contributed by atoms with Crippen molar-refractivity contribution in [2.24, 2.45) is 11.3 Å². The number of nitrogens with one attached hydrogen (secondary N) is 2. The van der Waals surface area contributed by atoms with Crippen LogP contribution in [0.2, 0.25) is 0 Å². The average molecular weight is 396 g/mol. The maximum atomic E-state index is 12.7. The third kappa shape index (κ3) is 6.45. The van der Waals surface area contributed by atoms with Crippen LogP contribution in [-0.4, -0.2) is 29.4 Å². The highest BCUT2D eigenvalue weighted by Gasteiger charge is 2.27. The second-order valence-electron chi connectivity index (χ2n) is 8.31. The normalized spacial score (nSPS) is 13.2. The van der Waals surface area contributed by atoms with Crippen LogP contribution < -0.4 is 10.6 Å². The SMILES string of the molecule is CC(C(=O)O)C(NC(=O)c1ccc(C(=O)NCC(C)(C)C)cc1)c1ccccc1. The first-order valence-electron chi connectivity index (χ1n) is 9.55. The highest BCUT2D eigenvalue weighted by atomic mass is 16.4. The fraction of sp³-hybridized carbons (Fsp3) is 0.348. The minimum atomic E-state index is -0.995. The quantitative estimate of drug-likeness (QED) is 0.666.